The number of piperazine rings is 1. The Balaban J connectivity index is 1.48. The first-order valence-corrected chi connectivity index (χ1v) is 10.1. The topological polar surface area (TPSA) is 118 Å². The molecule has 4 rings (SSSR count). The van der Waals surface area contributed by atoms with E-state index in [1.165, 1.54) is 16.4 Å². The Hall–Kier alpha value is -2.17. The van der Waals surface area contributed by atoms with E-state index in [1.54, 1.807) is 11.0 Å². The van der Waals surface area contributed by atoms with Crippen molar-refractivity contribution in [2.45, 2.75) is 23.8 Å². The summed E-state index contributed by atoms with van der Waals surface area (Å²) in [6.45, 7) is 2.17. The van der Waals surface area contributed by atoms with Crippen LogP contribution in [-0.4, -0.2) is 72.3 Å². The van der Waals surface area contributed by atoms with E-state index < -0.39 is 10.0 Å². The highest BCUT2D eigenvalue weighted by atomic mass is 32.2. The molecule has 10 heteroatoms. The predicted molar refractivity (Wildman–Crippen MR) is 95.3 cm³/mol. The Morgan fingerprint density at radius 1 is 1.08 bits per heavy atom. The molecular weight excluding hydrogens is 358 g/mol. The molecule has 0 saturated carbocycles. The number of nitrogens with one attached hydrogen (secondary N) is 3. The fraction of sp³-hybridized carbons (Fsp3) is 0.500. The van der Waals surface area contributed by atoms with Gasteiger partial charge in [0.25, 0.3) is 0 Å². The van der Waals surface area contributed by atoms with Crippen molar-refractivity contribution >= 4 is 27.0 Å². The van der Waals surface area contributed by atoms with Gasteiger partial charge in [-0.05, 0) is 37.6 Å². The van der Waals surface area contributed by atoms with Gasteiger partial charge in [-0.2, -0.15) is 4.31 Å². The van der Waals surface area contributed by atoms with Crippen LogP contribution in [0.5, 0.6) is 0 Å². The maximum Gasteiger partial charge on any atom is 0.323 e. The molecular formula is C16H21N5O4S. The van der Waals surface area contributed by atoms with Crippen LogP contribution in [-0.2, 0) is 14.8 Å². The van der Waals surface area contributed by atoms with Crippen LogP contribution in [0.1, 0.15) is 12.8 Å². The third-order valence-electron chi connectivity index (χ3n) is 5.03. The summed E-state index contributed by atoms with van der Waals surface area (Å²) < 4.78 is 27.2. The molecule has 0 aliphatic carbocycles. The van der Waals surface area contributed by atoms with Gasteiger partial charge in [0.2, 0.25) is 15.9 Å². The Kier molecular flexibility index (Phi) is 4.33. The fourth-order valence-corrected chi connectivity index (χ4v) is 5.03. The number of H-pyrrole nitrogens is 2. The van der Waals surface area contributed by atoms with Crippen molar-refractivity contribution in [2.75, 3.05) is 32.7 Å². The second-order valence-corrected chi connectivity index (χ2v) is 8.60. The molecule has 26 heavy (non-hydrogen) atoms. The zero-order valence-corrected chi connectivity index (χ0v) is 15.0. The molecule has 9 nitrogen and oxygen atoms in total. The number of rotatable bonds is 3. The Morgan fingerprint density at radius 3 is 2.50 bits per heavy atom. The van der Waals surface area contributed by atoms with E-state index in [0.717, 1.165) is 19.4 Å². The summed E-state index contributed by atoms with van der Waals surface area (Å²) >= 11 is 0. The lowest BCUT2D eigenvalue weighted by molar-refractivity contribution is -0.134. The first-order chi connectivity index (χ1) is 12.4. The van der Waals surface area contributed by atoms with E-state index in [1.807, 2.05) is 0 Å². The van der Waals surface area contributed by atoms with Gasteiger partial charge in [0.15, 0.2) is 0 Å². The number of carbonyl (C=O) groups is 1. The van der Waals surface area contributed by atoms with Gasteiger partial charge >= 0.3 is 5.69 Å². The Morgan fingerprint density at radius 2 is 1.81 bits per heavy atom. The lowest BCUT2D eigenvalue weighted by Crippen LogP contribution is -2.54. The van der Waals surface area contributed by atoms with Crippen molar-refractivity contribution in [3.8, 4) is 0 Å². The monoisotopic (exact) mass is 379 g/mol. The smallest absolute Gasteiger partial charge is 0.323 e. The summed E-state index contributed by atoms with van der Waals surface area (Å²) in [7, 11) is -3.67. The number of hydrogen-bond donors (Lipinski definition) is 3. The molecule has 1 aromatic carbocycles. The third kappa shape index (κ3) is 3.04. The van der Waals surface area contributed by atoms with E-state index in [0.29, 0.717) is 24.1 Å². The van der Waals surface area contributed by atoms with Gasteiger partial charge in [-0.1, -0.05) is 0 Å². The van der Waals surface area contributed by atoms with Crippen LogP contribution in [0.3, 0.4) is 0 Å². The average molecular weight is 379 g/mol. The number of sulfonamides is 1. The first kappa shape index (κ1) is 17.3. The van der Waals surface area contributed by atoms with Crippen LogP contribution >= 0.6 is 0 Å². The highest BCUT2D eigenvalue weighted by Crippen LogP contribution is 2.21. The largest absolute Gasteiger partial charge is 0.339 e. The Bertz CT molecular complexity index is 981. The summed E-state index contributed by atoms with van der Waals surface area (Å²) in [5, 5.41) is 3.18. The second-order valence-electron chi connectivity index (χ2n) is 6.66. The molecule has 0 spiro atoms. The molecule has 2 aliphatic rings. The zero-order valence-electron chi connectivity index (χ0n) is 14.2. The van der Waals surface area contributed by atoms with Crippen molar-refractivity contribution in [3.05, 3.63) is 28.7 Å². The Labute approximate surface area is 150 Å². The van der Waals surface area contributed by atoms with Gasteiger partial charge in [-0.25, -0.2) is 13.2 Å². The molecule has 3 N–H and O–H groups in total. The van der Waals surface area contributed by atoms with Crippen molar-refractivity contribution in [1.29, 1.82) is 0 Å². The van der Waals surface area contributed by atoms with E-state index in [-0.39, 0.29) is 35.6 Å². The summed E-state index contributed by atoms with van der Waals surface area (Å²) in [6, 6.07) is 4.39. The minimum Gasteiger partial charge on any atom is -0.339 e. The molecule has 2 saturated heterocycles. The minimum absolute atomic E-state index is 0.0610. The van der Waals surface area contributed by atoms with Gasteiger partial charge in [-0.15, -0.1) is 0 Å². The van der Waals surface area contributed by atoms with Gasteiger partial charge < -0.3 is 20.2 Å². The molecule has 1 aromatic heterocycles. The molecule has 0 radical (unpaired) electrons. The number of carbonyl (C=O) groups excluding carboxylic acids is 1. The van der Waals surface area contributed by atoms with E-state index >= 15 is 0 Å². The lowest BCUT2D eigenvalue weighted by atomic mass is 10.2. The normalized spacial score (nSPS) is 22.2. The minimum atomic E-state index is -3.67. The lowest BCUT2D eigenvalue weighted by Gasteiger charge is -2.35. The van der Waals surface area contributed by atoms with Gasteiger partial charge in [0, 0.05) is 26.2 Å². The molecule has 2 aromatic rings. The molecule has 2 aliphatic heterocycles. The maximum atomic E-state index is 12.9. The summed E-state index contributed by atoms with van der Waals surface area (Å²) in [5.74, 6) is 0.0610. The number of benzene rings is 1. The third-order valence-corrected chi connectivity index (χ3v) is 6.93. The number of amides is 1. The van der Waals surface area contributed by atoms with Gasteiger partial charge in [0.05, 0.1) is 22.0 Å². The van der Waals surface area contributed by atoms with Crippen LogP contribution in [0.2, 0.25) is 0 Å². The van der Waals surface area contributed by atoms with Gasteiger partial charge in [-0.3, -0.25) is 4.79 Å². The van der Waals surface area contributed by atoms with Crippen LogP contribution in [0.15, 0.2) is 27.9 Å². The maximum absolute atomic E-state index is 12.9. The summed E-state index contributed by atoms with van der Waals surface area (Å²) in [6.07, 6.45) is 1.83. The number of hydrogen-bond acceptors (Lipinski definition) is 5. The fourth-order valence-electron chi connectivity index (χ4n) is 3.59. The number of nitrogens with zero attached hydrogens (tertiary/aromatic N) is 2. The quantitative estimate of drug-likeness (QED) is 0.661. The number of imidazole rings is 1. The van der Waals surface area contributed by atoms with Crippen LogP contribution < -0.4 is 11.0 Å². The molecule has 1 unspecified atom stereocenters. The van der Waals surface area contributed by atoms with E-state index in [9.17, 15) is 18.0 Å². The predicted octanol–water partition coefficient (Wildman–Crippen LogP) is -0.559. The SMILES string of the molecule is O=C(C1CCCN1)N1CCN(S(=O)(=O)c2ccc3[nH]c(=O)[nH]c3c2)CC1. The molecule has 3 heterocycles. The number of aromatic nitrogens is 2. The van der Waals surface area contributed by atoms with Crippen LogP contribution in [0, 0.1) is 0 Å². The van der Waals surface area contributed by atoms with Crippen molar-refractivity contribution in [1.82, 2.24) is 24.5 Å². The molecule has 1 atom stereocenters. The second kappa shape index (κ2) is 6.53. The van der Waals surface area contributed by atoms with Crippen LogP contribution in [0.4, 0.5) is 0 Å². The number of aromatic amines is 2. The van der Waals surface area contributed by atoms with Crippen molar-refractivity contribution in [3.63, 3.8) is 0 Å². The van der Waals surface area contributed by atoms with Gasteiger partial charge in [0.1, 0.15) is 0 Å². The first-order valence-electron chi connectivity index (χ1n) is 8.69. The highest BCUT2D eigenvalue weighted by Gasteiger charge is 2.33. The van der Waals surface area contributed by atoms with Crippen molar-refractivity contribution < 1.29 is 13.2 Å². The van der Waals surface area contributed by atoms with Crippen molar-refractivity contribution in [2.24, 2.45) is 0 Å². The highest BCUT2D eigenvalue weighted by molar-refractivity contribution is 7.89. The molecule has 140 valence electrons. The standard InChI is InChI=1S/C16H21N5O4S/c22-15(13-2-1-5-17-13)20-6-8-21(9-7-20)26(24,25)11-3-4-12-14(10-11)19-16(23)18-12/h3-4,10,13,17H,1-2,5-9H2,(H2,18,19,23). The summed E-state index contributed by atoms with van der Waals surface area (Å²) in [4.78, 5) is 30.8. The molecule has 2 fully saturated rings. The summed E-state index contributed by atoms with van der Waals surface area (Å²) in [5.41, 5.74) is 0.646. The van der Waals surface area contributed by atoms with E-state index in [2.05, 4.69) is 15.3 Å². The molecule has 0 bridgehead atoms. The number of fused-ring (bicyclic) bond motifs is 1. The average Bonchev–Trinajstić information content (AvgIpc) is 3.29. The van der Waals surface area contributed by atoms with Crippen LogP contribution in [0.25, 0.3) is 11.0 Å². The zero-order chi connectivity index (χ0) is 18.3. The van der Waals surface area contributed by atoms with E-state index in [4.69, 9.17) is 0 Å². The molecule has 1 amide bonds.